The highest BCUT2D eigenvalue weighted by Crippen LogP contribution is 2.27. The summed E-state index contributed by atoms with van der Waals surface area (Å²) in [5.74, 6) is 0.466. The molecule has 10 heteroatoms. The van der Waals surface area contributed by atoms with Gasteiger partial charge in [-0.15, -0.1) is 0 Å². The Morgan fingerprint density at radius 3 is 2.53 bits per heavy atom. The quantitative estimate of drug-likeness (QED) is 0.210. The Balaban J connectivity index is 1.33. The Kier molecular flexibility index (Phi) is 9.40. The second kappa shape index (κ2) is 13.1. The van der Waals surface area contributed by atoms with Crippen LogP contribution in [0.15, 0.2) is 72.8 Å². The number of ether oxygens (including phenoxy) is 3. The van der Waals surface area contributed by atoms with Crippen LogP contribution in [0, 0.1) is 0 Å². The van der Waals surface area contributed by atoms with Gasteiger partial charge in [0, 0.05) is 18.6 Å². The normalized spacial score (nSPS) is 10.7. The van der Waals surface area contributed by atoms with Crippen molar-refractivity contribution in [2.24, 2.45) is 0 Å². The molecule has 0 radical (unpaired) electrons. The van der Waals surface area contributed by atoms with Crippen LogP contribution in [0.2, 0.25) is 5.02 Å². The molecule has 0 unspecified atom stereocenters. The van der Waals surface area contributed by atoms with E-state index in [4.69, 9.17) is 25.8 Å². The maximum absolute atomic E-state index is 12.8. The third kappa shape index (κ3) is 7.60. The predicted molar refractivity (Wildman–Crippen MR) is 149 cm³/mol. The van der Waals surface area contributed by atoms with E-state index in [1.54, 1.807) is 36.5 Å². The zero-order valence-electron chi connectivity index (χ0n) is 21.1. The van der Waals surface area contributed by atoms with Gasteiger partial charge in [-0.1, -0.05) is 53.3 Å². The predicted octanol–water partition coefficient (Wildman–Crippen LogP) is 6.03. The van der Waals surface area contributed by atoms with Gasteiger partial charge in [0.1, 0.15) is 24.7 Å². The van der Waals surface area contributed by atoms with Gasteiger partial charge in [0.25, 0.3) is 0 Å². The first-order valence-electron chi connectivity index (χ1n) is 12.1. The summed E-state index contributed by atoms with van der Waals surface area (Å²) in [7, 11) is 1.99. The van der Waals surface area contributed by atoms with Gasteiger partial charge in [0.2, 0.25) is 0 Å². The van der Waals surface area contributed by atoms with Crippen molar-refractivity contribution in [3.05, 3.63) is 83.4 Å². The molecule has 0 saturated carbocycles. The SMILES string of the molecule is CCOC(=O)CN(Cc1ccc(OCCN(C)c2nc3ccccc3s2)cc1)C(=O)Oc1cccc(Cl)c1. The fourth-order valence-electron chi connectivity index (χ4n) is 3.57. The summed E-state index contributed by atoms with van der Waals surface area (Å²) in [4.78, 5) is 33.0. The monoisotopic (exact) mass is 553 g/mol. The van der Waals surface area contributed by atoms with Crippen LogP contribution in [0.5, 0.6) is 11.5 Å². The molecule has 1 heterocycles. The van der Waals surface area contributed by atoms with Crippen molar-refractivity contribution in [1.82, 2.24) is 9.88 Å². The third-order valence-electron chi connectivity index (χ3n) is 5.49. The minimum absolute atomic E-state index is 0.152. The van der Waals surface area contributed by atoms with Crippen molar-refractivity contribution in [3.63, 3.8) is 0 Å². The third-order valence-corrected chi connectivity index (χ3v) is 6.87. The maximum Gasteiger partial charge on any atom is 0.416 e. The summed E-state index contributed by atoms with van der Waals surface area (Å²) in [6.45, 7) is 2.98. The summed E-state index contributed by atoms with van der Waals surface area (Å²) in [5, 5.41) is 1.38. The summed E-state index contributed by atoms with van der Waals surface area (Å²) in [6, 6.07) is 21.9. The summed E-state index contributed by atoms with van der Waals surface area (Å²) >= 11 is 7.63. The van der Waals surface area contributed by atoms with Gasteiger partial charge in [-0.25, -0.2) is 9.78 Å². The molecule has 0 aliphatic carbocycles. The number of esters is 1. The van der Waals surface area contributed by atoms with Crippen molar-refractivity contribution in [2.75, 3.05) is 38.3 Å². The fourth-order valence-corrected chi connectivity index (χ4v) is 4.71. The first-order chi connectivity index (χ1) is 18.4. The van der Waals surface area contributed by atoms with Gasteiger partial charge >= 0.3 is 12.1 Å². The number of carbonyl (C=O) groups excluding carboxylic acids is 2. The van der Waals surface area contributed by atoms with E-state index in [1.807, 2.05) is 49.5 Å². The lowest BCUT2D eigenvalue weighted by Gasteiger charge is -2.21. The highest BCUT2D eigenvalue weighted by atomic mass is 35.5. The highest BCUT2D eigenvalue weighted by molar-refractivity contribution is 7.22. The molecule has 0 bridgehead atoms. The minimum Gasteiger partial charge on any atom is -0.492 e. The second-order valence-corrected chi connectivity index (χ2v) is 9.81. The second-order valence-electron chi connectivity index (χ2n) is 8.36. The smallest absolute Gasteiger partial charge is 0.416 e. The van der Waals surface area contributed by atoms with Crippen molar-refractivity contribution in [3.8, 4) is 11.5 Å². The van der Waals surface area contributed by atoms with Crippen molar-refractivity contribution < 1.29 is 23.8 Å². The lowest BCUT2D eigenvalue weighted by Crippen LogP contribution is -2.38. The minimum atomic E-state index is -0.682. The van der Waals surface area contributed by atoms with Crippen molar-refractivity contribution >= 4 is 50.3 Å². The lowest BCUT2D eigenvalue weighted by molar-refractivity contribution is -0.144. The number of para-hydroxylation sites is 1. The molecule has 1 aromatic heterocycles. The number of rotatable bonds is 11. The van der Waals surface area contributed by atoms with Crippen molar-refractivity contribution in [2.45, 2.75) is 13.5 Å². The molecule has 0 saturated heterocycles. The maximum atomic E-state index is 12.8. The average molecular weight is 554 g/mol. The molecule has 0 aliphatic heterocycles. The number of likely N-dealkylation sites (N-methyl/N-ethyl adjacent to an activating group) is 1. The number of amides is 1. The number of anilines is 1. The molecule has 0 atom stereocenters. The summed E-state index contributed by atoms with van der Waals surface area (Å²) < 4.78 is 17.5. The Morgan fingerprint density at radius 1 is 1.00 bits per heavy atom. The molecule has 0 N–H and O–H groups in total. The highest BCUT2D eigenvalue weighted by Gasteiger charge is 2.21. The van der Waals surface area contributed by atoms with Crippen LogP contribution in [-0.4, -0.2) is 55.3 Å². The number of carbonyl (C=O) groups is 2. The molecule has 0 fully saturated rings. The topological polar surface area (TPSA) is 81.2 Å². The first-order valence-corrected chi connectivity index (χ1v) is 13.3. The Hall–Kier alpha value is -3.82. The van der Waals surface area contributed by atoms with Crippen LogP contribution in [0.25, 0.3) is 10.2 Å². The van der Waals surface area contributed by atoms with E-state index in [0.29, 0.717) is 23.9 Å². The van der Waals surface area contributed by atoms with E-state index in [9.17, 15) is 9.59 Å². The van der Waals surface area contributed by atoms with Crippen LogP contribution >= 0.6 is 22.9 Å². The zero-order valence-corrected chi connectivity index (χ0v) is 22.7. The van der Waals surface area contributed by atoms with Crippen LogP contribution in [0.3, 0.4) is 0 Å². The zero-order chi connectivity index (χ0) is 26.9. The molecule has 4 aromatic rings. The number of hydrogen-bond acceptors (Lipinski definition) is 8. The number of benzene rings is 3. The van der Waals surface area contributed by atoms with Crippen LogP contribution in [0.1, 0.15) is 12.5 Å². The van der Waals surface area contributed by atoms with E-state index in [0.717, 1.165) is 20.9 Å². The summed E-state index contributed by atoms with van der Waals surface area (Å²) in [5.41, 5.74) is 1.79. The van der Waals surface area contributed by atoms with E-state index < -0.39 is 12.1 Å². The van der Waals surface area contributed by atoms with Crippen LogP contribution < -0.4 is 14.4 Å². The van der Waals surface area contributed by atoms with E-state index >= 15 is 0 Å². The molecular formula is C28H28ClN3O5S. The van der Waals surface area contributed by atoms with Gasteiger partial charge in [-0.05, 0) is 55.0 Å². The summed E-state index contributed by atoms with van der Waals surface area (Å²) in [6.07, 6.45) is -0.682. The lowest BCUT2D eigenvalue weighted by atomic mass is 10.2. The first kappa shape index (κ1) is 27.2. The number of halogens is 1. The Bertz CT molecular complexity index is 1350. The Labute approximate surface area is 230 Å². The van der Waals surface area contributed by atoms with E-state index in [1.165, 1.54) is 11.0 Å². The van der Waals surface area contributed by atoms with Gasteiger partial charge in [0.05, 0.1) is 23.4 Å². The Morgan fingerprint density at radius 2 is 1.79 bits per heavy atom. The van der Waals surface area contributed by atoms with Crippen molar-refractivity contribution in [1.29, 1.82) is 0 Å². The van der Waals surface area contributed by atoms with Gasteiger partial charge in [-0.2, -0.15) is 0 Å². The number of nitrogens with zero attached hydrogens (tertiary/aromatic N) is 3. The number of thiazole rings is 1. The van der Waals surface area contributed by atoms with Gasteiger partial charge in [0.15, 0.2) is 5.13 Å². The molecule has 38 heavy (non-hydrogen) atoms. The van der Waals surface area contributed by atoms with Crippen LogP contribution in [0.4, 0.5) is 9.93 Å². The fraction of sp³-hybridized carbons (Fsp3) is 0.250. The van der Waals surface area contributed by atoms with Gasteiger partial charge in [-0.3, -0.25) is 9.69 Å². The molecule has 0 aliphatic rings. The van der Waals surface area contributed by atoms with Crippen LogP contribution in [-0.2, 0) is 16.1 Å². The van der Waals surface area contributed by atoms with Gasteiger partial charge < -0.3 is 19.1 Å². The molecule has 8 nitrogen and oxygen atoms in total. The standard InChI is InChI=1S/C28H28ClN3O5S/c1-3-35-26(33)19-32(28(34)37-23-8-6-7-21(29)17-23)18-20-11-13-22(14-12-20)36-16-15-31(2)27-30-24-9-4-5-10-25(24)38-27/h4-14,17H,3,15-16,18-19H2,1-2H3. The molecule has 1 amide bonds. The number of hydrogen-bond donors (Lipinski definition) is 0. The number of aromatic nitrogens is 1. The van der Waals surface area contributed by atoms with E-state index in [2.05, 4.69) is 16.0 Å². The molecule has 4 rings (SSSR count). The number of fused-ring (bicyclic) bond motifs is 1. The average Bonchev–Trinajstić information content (AvgIpc) is 3.34. The molecule has 198 valence electrons. The van der Waals surface area contributed by atoms with E-state index in [-0.39, 0.29) is 25.4 Å². The molecular weight excluding hydrogens is 526 g/mol. The molecule has 3 aromatic carbocycles. The largest absolute Gasteiger partial charge is 0.492 e. The molecule has 0 spiro atoms.